The van der Waals surface area contributed by atoms with Crippen LogP contribution in [0.5, 0.6) is 5.75 Å². The lowest BCUT2D eigenvalue weighted by Crippen LogP contribution is -2.46. The standard InChI is InChI=1S/C17H23N3O4.ClH/c21-17(13-5-9-18-10-6-13)19-11-7-16(8-12-19)24-15-3-1-14(2-4-15)20(22)23;/h1-4,13,16,18H,5-12H2;1H. The van der Waals surface area contributed by atoms with Gasteiger partial charge in [0.05, 0.1) is 4.92 Å². The van der Waals surface area contributed by atoms with Gasteiger partial charge in [0.15, 0.2) is 0 Å². The SMILES string of the molecule is Cl.O=C(C1CCNCC1)N1CCC(Oc2ccc([N+](=O)[O-])cc2)CC1. The maximum absolute atomic E-state index is 12.5. The number of nitro benzene ring substituents is 1. The Morgan fingerprint density at radius 1 is 1.12 bits per heavy atom. The molecule has 25 heavy (non-hydrogen) atoms. The summed E-state index contributed by atoms with van der Waals surface area (Å²) in [6.07, 6.45) is 3.51. The normalized spacial score (nSPS) is 19.1. The van der Waals surface area contributed by atoms with Gasteiger partial charge >= 0.3 is 0 Å². The van der Waals surface area contributed by atoms with Crippen LogP contribution in [0.1, 0.15) is 25.7 Å². The number of carbonyl (C=O) groups excluding carboxylic acids is 1. The number of halogens is 1. The number of non-ortho nitro benzene ring substituents is 1. The van der Waals surface area contributed by atoms with Crippen LogP contribution in [0.4, 0.5) is 5.69 Å². The molecule has 1 aromatic carbocycles. The maximum atomic E-state index is 12.5. The number of hydrogen-bond acceptors (Lipinski definition) is 5. The summed E-state index contributed by atoms with van der Waals surface area (Å²) in [5.74, 6) is 1.09. The lowest BCUT2D eigenvalue weighted by molar-refractivity contribution is -0.384. The first-order valence-corrected chi connectivity index (χ1v) is 8.54. The number of piperidine rings is 2. The van der Waals surface area contributed by atoms with Crippen molar-refractivity contribution >= 4 is 24.0 Å². The lowest BCUT2D eigenvalue weighted by atomic mass is 9.95. The zero-order chi connectivity index (χ0) is 16.9. The third kappa shape index (κ3) is 5.06. The van der Waals surface area contributed by atoms with Crippen LogP contribution >= 0.6 is 12.4 Å². The van der Waals surface area contributed by atoms with Crippen LogP contribution in [-0.2, 0) is 4.79 Å². The first kappa shape index (κ1) is 19.5. The minimum Gasteiger partial charge on any atom is -0.490 e. The Labute approximate surface area is 153 Å². The van der Waals surface area contributed by atoms with Crippen molar-refractivity contribution in [3.05, 3.63) is 34.4 Å². The van der Waals surface area contributed by atoms with Crippen LogP contribution < -0.4 is 10.1 Å². The molecule has 1 amide bonds. The Morgan fingerprint density at radius 2 is 1.72 bits per heavy atom. The second kappa shape index (κ2) is 9.01. The summed E-state index contributed by atoms with van der Waals surface area (Å²) in [5.41, 5.74) is 0.0599. The number of rotatable bonds is 4. The second-order valence-electron chi connectivity index (χ2n) is 6.42. The zero-order valence-electron chi connectivity index (χ0n) is 14.1. The minimum atomic E-state index is -0.422. The molecule has 0 bridgehead atoms. The molecule has 0 saturated carbocycles. The smallest absolute Gasteiger partial charge is 0.269 e. The fourth-order valence-electron chi connectivity index (χ4n) is 3.36. The van der Waals surface area contributed by atoms with Crippen LogP contribution in [0.3, 0.4) is 0 Å². The number of amides is 1. The monoisotopic (exact) mass is 369 g/mol. The third-order valence-corrected chi connectivity index (χ3v) is 4.79. The van der Waals surface area contributed by atoms with Crippen LogP contribution in [-0.4, -0.2) is 48.0 Å². The van der Waals surface area contributed by atoms with E-state index in [1.54, 1.807) is 12.1 Å². The second-order valence-corrected chi connectivity index (χ2v) is 6.42. The molecule has 2 saturated heterocycles. The molecule has 0 atom stereocenters. The predicted molar refractivity (Wildman–Crippen MR) is 96.2 cm³/mol. The predicted octanol–water partition coefficient (Wildman–Crippen LogP) is 2.39. The van der Waals surface area contributed by atoms with E-state index >= 15 is 0 Å². The van der Waals surface area contributed by atoms with Gasteiger partial charge in [-0.25, -0.2) is 0 Å². The quantitative estimate of drug-likeness (QED) is 0.650. The van der Waals surface area contributed by atoms with Gasteiger partial charge in [0.1, 0.15) is 11.9 Å². The highest BCUT2D eigenvalue weighted by Gasteiger charge is 2.29. The summed E-state index contributed by atoms with van der Waals surface area (Å²) in [6, 6.07) is 6.16. The number of carbonyl (C=O) groups is 1. The van der Waals surface area contributed by atoms with Crippen molar-refractivity contribution in [2.75, 3.05) is 26.2 Å². The van der Waals surface area contributed by atoms with Gasteiger partial charge in [-0.3, -0.25) is 14.9 Å². The highest BCUT2D eigenvalue weighted by Crippen LogP contribution is 2.23. The Balaban J connectivity index is 0.00000225. The van der Waals surface area contributed by atoms with Gasteiger partial charge in [0.25, 0.3) is 5.69 Å². The number of nitro groups is 1. The fraction of sp³-hybridized carbons (Fsp3) is 0.588. The van der Waals surface area contributed by atoms with Crippen molar-refractivity contribution in [3.8, 4) is 5.75 Å². The highest BCUT2D eigenvalue weighted by atomic mass is 35.5. The van der Waals surface area contributed by atoms with E-state index in [2.05, 4.69) is 5.32 Å². The molecule has 2 fully saturated rings. The molecule has 3 rings (SSSR count). The van der Waals surface area contributed by atoms with Gasteiger partial charge in [-0.2, -0.15) is 0 Å². The third-order valence-electron chi connectivity index (χ3n) is 4.79. The summed E-state index contributed by atoms with van der Waals surface area (Å²) in [4.78, 5) is 24.7. The van der Waals surface area contributed by atoms with E-state index in [1.165, 1.54) is 12.1 Å². The van der Waals surface area contributed by atoms with E-state index < -0.39 is 4.92 Å². The van der Waals surface area contributed by atoms with Crippen LogP contribution in [0.25, 0.3) is 0 Å². The molecule has 0 radical (unpaired) electrons. The van der Waals surface area contributed by atoms with Crippen molar-refractivity contribution in [2.24, 2.45) is 5.92 Å². The van der Waals surface area contributed by atoms with E-state index in [1.807, 2.05) is 4.90 Å². The molecule has 1 N–H and O–H groups in total. The van der Waals surface area contributed by atoms with E-state index in [-0.39, 0.29) is 36.0 Å². The molecule has 138 valence electrons. The largest absolute Gasteiger partial charge is 0.490 e. The topological polar surface area (TPSA) is 84.7 Å². The van der Waals surface area contributed by atoms with Crippen molar-refractivity contribution < 1.29 is 14.5 Å². The number of benzene rings is 1. The minimum absolute atomic E-state index is 0. The Hall–Kier alpha value is -1.86. The maximum Gasteiger partial charge on any atom is 0.269 e. The average Bonchev–Trinajstić information content (AvgIpc) is 2.63. The average molecular weight is 370 g/mol. The number of nitrogens with one attached hydrogen (secondary N) is 1. The molecule has 0 aliphatic carbocycles. The molecule has 0 aromatic heterocycles. The molecular formula is C17H24ClN3O4. The molecule has 1 aromatic rings. The summed E-state index contributed by atoms with van der Waals surface area (Å²) < 4.78 is 5.89. The van der Waals surface area contributed by atoms with Crippen LogP contribution in [0, 0.1) is 16.0 Å². The number of ether oxygens (including phenoxy) is 1. The molecular weight excluding hydrogens is 346 g/mol. The van der Waals surface area contributed by atoms with Gasteiger partial charge in [0, 0.05) is 44.0 Å². The number of hydrogen-bond donors (Lipinski definition) is 1. The van der Waals surface area contributed by atoms with E-state index in [0.717, 1.165) is 51.9 Å². The molecule has 2 heterocycles. The van der Waals surface area contributed by atoms with Gasteiger partial charge in [-0.15, -0.1) is 12.4 Å². The van der Waals surface area contributed by atoms with E-state index in [0.29, 0.717) is 5.75 Å². The van der Waals surface area contributed by atoms with Crippen LogP contribution in [0.15, 0.2) is 24.3 Å². The van der Waals surface area contributed by atoms with E-state index in [9.17, 15) is 14.9 Å². The molecule has 0 spiro atoms. The Kier molecular flexibility index (Phi) is 7.01. The van der Waals surface area contributed by atoms with Crippen molar-refractivity contribution in [1.29, 1.82) is 0 Å². The first-order valence-electron chi connectivity index (χ1n) is 8.54. The molecule has 2 aliphatic heterocycles. The summed E-state index contributed by atoms with van der Waals surface area (Å²) >= 11 is 0. The zero-order valence-corrected chi connectivity index (χ0v) is 14.9. The molecule has 2 aliphatic rings. The molecule has 8 heteroatoms. The van der Waals surface area contributed by atoms with Crippen molar-refractivity contribution in [2.45, 2.75) is 31.8 Å². The van der Waals surface area contributed by atoms with Crippen molar-refractivity contribution in [3.63, 3.8) is 0 Å². The highest BCUT2D eigenvalue weighted by molar-refractivity contribution is 5.85. The number of likely N-dealkylation sites (tertiary alicyclic amines) is 1. The van der Waals surface area contributed by atoms with Gasteiger partial charge in [0.2, 0.25) is 5.91 Å². The summed E-state index contributed by atoms with van der Waals surface area (Å²) in [6.45, 7) is 3.30. The van der Waals surface area contributed by atoms with Crippen LogP contribution in [0.2, 0.25) is 0 Å². The van der Waals surface area contributed by atoms with Gasteiger partial charge < -0.3 is 15.0 Å². The van der Waals surface area contributed by atoms with Crippen molar-refractivity contribution in [1.82, 2.24) is 10.2 Å². The fourth-order valence-corrected chi connectivity index (χ4v) is 3.36. The Morgan fingerprint density at radius 3 is 2.28 bits per heavy atom. The summed E-state index contributed by atoms with van der Waals surface area (Å²) in [5, 5.41) is 13.9. The molecule has 7 nitrogen and oxygen atoms in total. The number of nitrogens with zero attached hydrogens (tertiary/aromatic N) is 2. The molecule has 0 unspecified atom stereocenters. The van der Waals surface area contributed by atoms with E-state index in [4.69, 9.17) is 4.74 Å². The van der Waals surface area contributed by atoms with Gasteiger partial charge in [-0.05, 0) is 38.1 Å². The first-order chi connectivity index (χ1) is 11.6. The Bertz CT molecular complexity index is 582. The summed E-state index contributed by atoms with van der Waals surface area (Å²) in [7, 11) is 0. The lowest BCUT2D eigenvalue weighted by Gasteiger charge is -2.35. The van der Waals surface area contributed by atoms with Gasteiger partial charge in [-0.1, -0.05) is 0 Å².